The number of methoxy groups -OCH3 is 1. The zero-order valence-corrected chi connectivity index (χ0v) is 9.51. The van der Waals surface area contributed by atoms with Gasteiger partial charge in [0.05, 0.1) is 6.61 Å². The van der Waals surface area contributed by atoms with E-state index in [1.165, 1.54) is 25.7 Å². The van der Waals surface area contributed by atoms with Crippen LogP contribution in [0.15, 0.2) is 0 Å². The van der Waals surface area contributed by atoms with Crippen LogP contribution in [0.3, 0.4) is 0 Å². The highest BCUT2D eigenvalue weighted by Gasteiger charge is 2.39. The molecule has 0 aliphatic heterocycles. The highest BCUT2D eigenvalue weighted by Crippen LogP contribution is 2.36. The molecular weight excluding hydrogens is 176 g/mol. The zero-order chi connectivity index (χ0) is 10.4. The highest BCUT2D eigenvalue weighted by molar-refractivity contribution is 4.99. The molecule has 0 heterocycles. The van der Waals surface area contributed by atoms with E-state index in [4.69, 9.17) is 10.5 Å². The number of nitrogens with one attached hydrogen (secondary N) is 1. The van der Waals surface area contributed by atoms with Gasteiger partial charge in [-0.15, -0.1) is 0 Å². The van der Waals surface area contributed by atoms with Crippen molar-refractivity contribution < 1.29 is 4.74 Å². The molecule has 84 valence electrons. The van der Waals surface area contributed by atoms with Crippen LogP contribution in [0.25, 0.3) is 0 Å². The lowest BCUT2D eigenvalue weighted by Crippen LogP contribution is -2.54. The lowest BCUT2D eigenvalue weighted by molar-refractivity contribution is 0.170. The van der Waals surface area contributed by atoms with E-state index >= 15 is 0 Å². The van der Waals surface area contributed by atoms with Gasteiger partial charge in [-0.05, 0) is 18.8 Å². The van der Waals surface area contributed by atoms with Gasteiger partial charge in [0.15, 0.2) is 0 Å². The van der Waals surface area contributed by atoms with Crippen LogP contribution in [0.4, 0.5) is 0 Å². The third-order valence-electron chi connectivity index (χ3n) is 3.60. The predicted octanol–water partition coefficient (Wildman–Crippen LogP) is 1.13. The summed E-state index contributed by atoms with van der Waals surface area (Å²) in [6.07, 6.45) is 5.10. The van der Waals surface area contributed by atoms with Crippen molar-refractivity contribution in [3.05, 3.63) is 0 Å². The van der Waals surface area contributed by atoms with Crippen LogP contribution in [-0.2, 0) is 4.74 Å². The van der Waals surface area contributed by atoms with Crippen molar-refractivity contribution in [2.45, 2.75) is 38.1 Å². The second kappa shape index (κ2) is 5.69. The summed E-state index contributed by atoms with van der Waals surface area (Å²) in [5, 5.41) is 3.60. The molecule has 1 aliphatic rings. The maximum absolute atomic E-state index is 5.91. The number of ether oxygens (including phenoxy) is 1. The molecule has 0 bridgehead atoms. The topological polar surface area (TPSA) is 47.3 Å². The summed E-state index contributed by atoms with van der Waals surface area (Å²) in [7, 11) is 1.74. The van der Waals surface area contributed by atoms with E-state index in [-0.39, 0.29) is 5.54 Å². The summed E-state index contributed by atoms with van der Waals surface area (Å²) in [5.41, 5.74) is 6.12. The molecule has 3 N–H and O–H groups in total. The van der Waals surface area contributed by atoms with Crippen molar-refractivity contribution >= 4 is 0 Å². The van der Waals surface area contributed by atoms with Gasteiger partial charge in [0.1, 0.15) is 0 Å². The monoisotopic (exact) mass is 200 g/mol. The Morgan fingerprint density at radius 3 is 2.93 bits per heavy atom. The molecule has 2 atom stereocenters. The number of nitrogens with two attached hydrogens (primary N) is 1. The fourth-order valence-corrected chi connectivity index (χ4v) is 2.71. The summed E-state index contributed by atoms with van der Waals surface area (Å²) < 4.78 is 5.06. The average Bonchev–Trinajstić information content (AvgIpc) is 2.62. The first-order valence-electron chi connectivity index (χ1n) is 5.73. The third kappa shape index (κ3) is 2.47. The van der Waals surface area contributed by atoms with E-state index in [9.17, 15) is 0 Å². The Morgan fingerprint density at radius 2 is 2.36 bits per heavy atom. The molecule has 1 aliphatic carbocycles. The van der Waals surface area contributed by atoms with E-state index in [0.29, 0.717) is 0 Å². The van der Waals surface area contributed by atoms with Gasteiger partial charge in [-0.1, -0.05) is 19.8 Å². The summed E-state index contributed by atoms with van der Waals surface area (Å²) >= 11 is 0. The van der Waals surface area contributed by atoms with Gasteiger partial charge >= 0.3 is 0 Å². The second-order valence-corrected chi connectivity index (χ2v) is 4.28. The standard InChI is InChI=1S/C11H24N2O/c1-3-10-5-4-6-11(10,9-12)13-7-8-14-2/h10,13H,3-9,12H2,1-2H3. The molecule has 14 heavy (non-hydrogen) atoms. The Kier molecular flexibility index (Phi) is 4.85. The summed E-state index contributed by atoms with van der Waals surface area (Å²) in [5.74, 6) is 0.754. The minimum Gasteiger partial charge on any atom is -0.383 e. The van der Waals surface area contributed by atoms with Gasteiger partial charge < -0.3 is 15.8 Å². The molecule has 1 fully saturated rings. The molecule has 0 amide bonds. The smallest absolute Gasteiger partial charge is 0.0587 e. The van der Waals surface area contributed by atoms with E-state index in [2.05, 4.69) is 12.2 Å². The van der Waals surface area contributed by atoms with Crippen LogP contribution in [0.2, 0.25) is 0 Å². The maximum atomic E-state index is 5.91. The van der Waals surface area contributed by atoms with E-state index in [1.54, 1.807) is 7.11 Å². The maximum Gasteiger partial charge on any atom is 0.0587 e. The van der Waals surface area contributed by atoms with Crippen molar-refractivity contribution in [1.82, 2.24) is 5.32 Å². The SMILES string of the molecule is CCC1CCCC1(CN)NCCOC. The first kappa shape index (κ1) is 12.0. The van der Waals surface area contributed by atoms with Crippen LogP contribution in [0.1, 0.15) is 32.6 Å². The Balaban J connectivity index is 2.46. The zero-order valence-electron chi connectivity index (χ0n) is 9.51. The van der Waals surface area contributed by atoms with Gasteiger partial charge in [-0.25, -0.2) is 0 Å². The predicted molar refractivity (Wildman–Crippen MR) is 59.3 cm³/mol. The van der Waals surface area contributed by atoms with Gasteiger partial charge in [0.2, 0.25) is 0 Å². The minimum absolute atomic E-state index is 0.202. The Morgan fingerprint density at radius 1 is 1.57 bits per heavy atom. The quantitative estimate of drug-likeness (QED) is 0.632. The molecule has 0 aromatic carbocycles. The molecule has 1 saturated carbocycles. The number of rotatable bonds is 6. The first-order chi connectivity index (χ1) is 6.79. The van der Waals surface area contributed by atoms with E-state index < -0.39 is 0 Å². The van der Waals surface area contributed by atoms with Crippen molar-refractivity contribution in [3.8, 4) is 0 Å². The molecule has 0 saturated heterocycles. The fourth-order valence-electron chi connectivity index (χ4n) is 2.71. The summed E-state index contributed by atoms with van der Waals surface area (Å²) in [6, 6.07) is 0. The molecule has 3 nitrogen and oxygen atoms in total. The van der Waals surface area contributed by atoms with Crippen molar-refractivity contribution in [2.75, 3.05) is 26.8 Å². The van der Waals surface area contributed by atoms with Gasteiger partial charge in [0.25, 0.3) is 0 Å². The summed E-state index contributed by atoms with van der Waals surface area (Å²) in [6.45, 7) is 4.72. The Hall–Kier alpha value is -0.120. The summed E-state index contributed by atoms with van der Waals surface area (Å²) in [4.78, 5) is 0. The van der Waals surface area contributed by atoms with Crippen LogP contribution in [0, 0.1) is 5.92 Å². The average molecular weight is 200 g/mol. The largest absolute Gasteiger partial charge is 0.383 e. The third-order valence-corrected chi connectivity index (χ3v) is 3.60. The normalized spacial score (nSPS) is 32.4. The first-order valence-corrected chi connectivity index (χ1v) is 5.73. The molecule has 0 radical (unpaired) electrons. The molecule has 2 unspecified atom stereocenters. The molecule has 0 aromatic heterocycles. The van der Waals surface area contributed by atoms with Crippen molar-refractivity contribution in [1.29, 1.82) is 0 Å². The highest BCUT2D eigenvalue weighted by atomic mass is 16.5. The molecule has 0 aromatic rings. The van der Waals surface area contributed by atoms with E-state index in [1.807, 2.05) is 0 Å². The van der Waals surface area contributed by atoms with Gasteiger partial charge in [0, 0.05) is 25.7 Å². The minimum atomic E-state index is 0.202. The molecular formula is C11H24N2O. The molecule has 3 heteroatoms. The van der Waals surface area contributed by atoms with Crippen LogP contribution < -0.4 is 11.1 Å². The van der Waals surface area contributed by atoms with Crippen LogP contribution in [0.5, 0.6) is 0 Å². The van der Waals surface area contributed by atoms with Gasteiger partial charge in [-0.2, -0.15) is 0 Å². The van der Waals surface area contributed by atoms with Crippen LogP contribution in [-0.4, -0.2) is 32.3 Å². The van der Waals surface area contributed by atoms with Crippen molar-refractivity contribution in [2.24, 2.45) is 11.7 Å². The lowest BCUT2D eigenvalue weighted by atomic mass is 9.85. The van der Waals surface area contributed by atoms with Crippen molar-refractivity contribution in [3.63, 3.8) is 0 Å². The Bertz CT molecular complexity index is 163. The fraction of sp³-hybridized carbons (Fsp3) is 1.00. The van der Waals surface area contributed by atoms with Gasteiger partial charge in [-0.3, -0.25) is 0 Å². The number of hydrogen-bond acceptors (Lipinski definition) is 3. The Labute approximate surface area is 87.4 Å². The van der Waals surface area contributed by atoms with Crippen LogP contribution >= 0.6 is 0 Å². The van der Waals surface area contributed by atoms with E-state index in [0.717, 1.165) is 25.6 Å². The second-order valence-electron chi connectivity index (χ2n) is 4.28. The molecule has 1 rings (SSSR count). The lowest BCUT2D eigenvalue weighted by Gasteiger charge is -2.35. The molecule has 0 spiro atoms. The number of hydrogen-bond donors (Lipinski definition) is 2.